The quantitative estimate of drug-likeness (QED) is 0.855. The summed E-state index contributed by atoms with van der Waals surface area (Å²) in [5, 5.41) is 9.57. The van der Waals surface area contributed by atoms with Gasteiger partial charge in [0.2, 0.25) is 0 Å². The van der Waals surface area contributed by atoms with Crippen LogP contribution in [0.5, 0.6) is 5.75 Å². The third kappa shape index (κ3) is 5.84. The molecule has 2 N–H and O–H groups in total. The number of rotatable bonds is 2. The highest BCUT2D eigenvalue weighted by atomic mass is 32.2. The fourth-order valence-corrected chi connectivity index (χ4v) is 2.32. The van der Waals surface area contributed by atoms with Crippen LogP contribution in [0.15, 0.2) is 23.1 Å². The van der Waals surface area contributed by atoms with Gasteiger partial charge in [0.05, 0.1) is 4.90 Å². The number of hydrogen-bond acceptors (Lipinski definition) is 2. The van der Waals surface area contributed by atoms with Crippen molar-refractivity contribution in [2.45, 2.75) is 52.0 Å². The number of phenols is 1. The van der Waals surface area contributed by atoms with Crippen LogP contribution in [0, 0.1) is 6.92 Å². The number of nitrogens with one attached hydrogen (secondary N) is 1. The zero-order chi connectivity index (χ0) is 13.6. The smallest absolute Gasteiger partial charge is 0.133 e. The van der Waals surface area contributed by atoms with Crippen molar-refractivity contribution < 1.29 is 9.32 Å². The molecule has 3 nitrogen and oxygen atoms in total. The molecule has 1 rings (SSSR count). The van der Waals surface area contributed by atoms with Gasteiger partial charge in [-0.25, -0.2) is 8.93 Å². The maximum atomic E-state index is 11.9. The van der Waals surface area contributed by atoms with Gasteiger partial charge in [0.25, 0.3) is 0 Å². The maximum absolute atomic E-state index is 11.9. The number of aryl methyl sites for hydroxylation is 1. The fraction of sp³-hybridized carbons (Fsp3) is 0.538. The van der Waals surface area contributed by atoms with Crippen molar-refractivity contribution in [3.05, 3.63) is 23.8 Å². The molecule has 0 heterocycles. The van der Waals surface area contributed by atoms with Gasteiger partial charge < -0.3 is 5.11 Å². The van der Waals surface area contributed by atoms with E-state index in [0.29, 0.717) is 4.90 Å². The Kier molecular flexibility index (Phi) is 6.42. The number of hydrogen-bond donors (Lipinski definition) is 2. The highest BCUT2D eigenvalue weighted by Crippen LogP contribution is 2.22. The molecule has 0 spiro atoms. The van der Waals surface area contributed by atoms with E-state index in [1.54, 1.807) is 18.2 Å². The Labute approximate surface area is 107 Å². The average Bonchev–Trinajstić information content (AvgIpc) is 2.22. The molecule has 1 aromatic carbocycles. The van der Waals surface area contributed by atoms with Gasteiger partial charge in [0.15, 0.2) is 0 Å². The molecule has 1 aromatic rings. The van der Waals surface area contributed by atoms with E-state index in [-0.39, 0.29) is 11.3 Å². The normalized spacial score (nSPS) is 12.6. The summed E-state index contributed by atoms with van der Waals surface area (Å²) in [5.41, 5.74) is 0.730. The molecule has 0 aromatic heterocycles. The highest BCUT2D eigenvalue weighted by molar-refractivity contribution is 7.83. The van der Waals surface area contributed by atoms with Crippen LogP contribution >= 0.6 is 0 Å². The average molecular weight is 257 g/mol. The molecule has 0 fully saturated rings. The van der Waals surface area contributed by atoms with Crippen molar-refractivity contribution in [1.82, 2.24) is 4.72 Å². The van der Waals surface area contributed by atoms with Crippen LogP contribution in [-0.4, -0.2) is 14.9 Å². The van der Waals surface area contributed by atoms with Crippen molar-refractivity contribution in [3.8, 4) is 5.75 Å². The van der Waals surface area contributed by atoms with Crippen LogP contribution in [0.3, 0.4) is 0 Å². The summed E-state index contributed by atoms with van der Waals surface area (Å²) in [7, 11) is -1.37. The molecule has 1 unspecified atom stereocenters. The first kappa shape index (κ1) is 16.1. The third-order valence-corrected chi connectivity index (χ3v) is 3.24. The summed E-state index contributed by atoms with van der Waals surface area (Å²) in [6.45, 7) is 11.7. The largest absolute Gasteiger partial charge is 0.507 e. The summed E-state index contributed by atoms with van der Waals surface area (Å²) in [6.07, 6.45) is 0. The summed E-state index contributed by atoms with van der Waals surface area (Å²) in [5.74, 6) is 0.0654. The van der Waals surface area contributed by atoms with Crippen LogP contribution < -0.4 is 4.72 Å². The van der Waals surface area contributed by atoms with Gasteiger partial charge in [0, 0.05) is 5.54 Å². The Bertz CT molecular complexity index is 383. The van der Waals surface area contributed by atoms with Crippen molar-refractivity contribution in [3.63, 3.8) is 0 Å². The van der Waals surface area contributed by atoms with Crippen LogP contribution in [0.4, 0.5) is 0 Å². The number of phenolic OH excluding ortho intramolecular Hbond substituents is 1. The molecule has 0 amide bonds. The zero-order valence-corrected chi connectivity index (χ0v) is 12.3. The van der Waals surface area contributed by atoms with Crippen molar-refractivity contribution in [2.24, 2.45) is 0 Å². The molecular weight excluding hydrogens is 234 g/mol. The van der Waals surface area contributed by atoms with E-state index in [0.717, 1.165) is 5.56 Å². The first-order valence-corrected chi connectivity index (χ1v) is 6.94. The van der Waals surface area contributed by atoms with Gasteiger partial charge in [-0.1, -0.05) is 19.9 Å². The summed E-state index contributed by atoms with van der Waals surface area (Å²) in [6, 6.07) is 5.07. The van der Waals surface area contributed by atoms with Crippen molar-refractivity contribution in [2.75, 3.05) is 0 Å². The number of aromatic hydroxyl groups is 1. The van der Waals surface area contributed by atoms with E-state index in [1.165, 1.54) is 0 Å². The first-order chi connectivity index (χ1) is 7.79. The van der Waals surface area contributed by atoms with Gasteiger partial charge in [-0.3, -0.25) is 0 Å². The lowest BCUT2D eigenvalue weighted by Gasteiger charge is -2.19. The molecule has 4 heteroatoms. The summed E-state index contributed by atoms with van der Waals surface area (Å²) >= 11 is 0. The van der Waals surface area contributed by atoms with Gasteiger partial charge in [0.1, 0.15) is 16.7 Å². The molecule has 0 saturated heterocycles. The second-order valence-electron chi connectivity index (χ2n) is 4.59. The fourth-order valence-electron chi connectivity index (χ4n) is 1.10. The Hall–Kier alpha value is -0.870. The molecule has 0 saturated carbocycles. The lowest BCUT2D eigenvalue weighted by atomic mass is 10.1. The molecule has 0 bridgehead atoms. The Morgan fingerprint density at radius 2 is 1.76 bits per heavy atom. The van der Waals surface area contributed by atoms with Gasteiger partial charge >= 0.3 is 0 Å². The first-order valence-electron chi connectivity index (χ1n) is 5.79. The van der Waals surface area contributed by atoms with Gasteiger partial charge in [-0.05, 0) is 45.4 Å². The molecule has 98 valence electrons. The van der Waals surface area contributed by atoms with E-state index in [9.17, 15) is 9.32 Å². The standard InChI is InChI=1S/C11H17NO2S.C2H6/c1-8-5-6-9(13)10(7-8)15(14)12-11(2,3)4;1-2/h5-7,12-13H,1-4H3;1-2H3. The van der Waals surface area contributed by atoms with Crippen LogP contribution in [-0.2, 0) is 11.0 Å². The third-order valence-electron chi connectivity index (χ3n) is 1.71. The predicted molar refractivity (Wildman–Crippen MR) is 73.5 cm³/mol. The Morgan fingerprint density at radius 3 is 2.24 bits per heavy atom. The maximum Gasteiger partial charge on any atom is 0.133 e. The monoisotopic (exact) mass is 257 g/mol. The van der Waals surface area contributed by atoms with E-state index >= 15 is 0 Å². The minimum atomic E-state index is -1.37. The second kappa shape index (κ2) is 6.77. The zero-order valence-electron chi connectivity index (χ0n) is 11.5. The molecule has 0 radical (unpaired) electrons. The summed E-state index contributed by atoms with van der Waals surface area (Å²) < 4.78 is 14.8. The van der Waals surface area contributed by atoms with E-state index in [1.807, 2.05) is 41.5 Å². The molecule has 0 aliphatic carbocycles. The highest BCUT2D eigenvalue weighted by Gasteiger charge is 2.17. The Morgan fingerprint density at radius 1 is 1.24 bits per heavy atom. The van der Waals surface area contributed by atoms with Crippen LogP contribution in [0.1, 0.15) is 40.2 Å². The topological polar surface area (TPSA) is 49.3 Å². The van der Waals surface area contributed by atoms with Crippen LogP contribution in [0.25, 0.3) is 0 Å². The SMILES string of the molecule is CC.Cc1ccc(O)c(S(=O)NC(C)(C)C)c1. The van der Waals surface area contributed by atoms with E-state index < -0.39 is 11.0 Å². The van der Waals surface area contributed by atoms with Crippen molar-refractivity contribution in [1.29, 1.82) is 0 Å². The minimum absolute atomic E-state index is 0.0654. The molecule has 17 heavy (non-hydrogen) atoms. The molecular formula is C13H23NO2S. The Balaban J connectivity index is 0.00000121. The second-order valence-corrected chi connectivity index (χ2v) is 5.77. The van der Waals surface area contributed by atoms with Gasteiger partial charge in [-0.2, -0.15) is 0 Å². The summed E-state index contributed by atoms with van der Waals surface area (Å²) in [4.78, 5) is 0.435. The molecule has 1 atom stereocenters. The van der Waals surface area contributed by atoms with Crippen molar-refractivity contribution >= 4 is 11.0 Å². The molecule has 0 aliphatic rings. The lowest BCUT2D eigenvalue weighted by Crippen LogP contribution is -2.37. The lowest BCUT2D eigenvalue weighted by molar-refractivity contribution is 0.458. The predicted octanol–water partition coefficient (Wildman–Crippen LogP) is 3.14. The number of benzene rings is 1. The minimum Gasteiger partial charge on any atom is -0.507 e. The van der Waals surface area contributed by atoms with E-state index in [2.05, 4.69) is 4.72 Å². The van der Waals surface area contributed by atoms with Crippen LogP contribution in [0.2, 0.25) is 0 Å². The van der Waals surface area contributed by atoms with E-state index in [4.69, 9.17) is 0 Å². The molecule has 0 aliphatic heterocycles. The van der Waals surface area contributed by atoms with Gasteiger partial charge in [-0.15, -0.1) is 0 Å².